The van der Waals surface area contributed by atoms with Crippen molar-refractivity contribution in [3.05, 3.63) is 23.5 Å². The summed E-state index contributed by atoms with van der Waals surface area (Å²) in [5, 5.41) is 8.68. The molecule has 0 aliphatic carbocycles. The molecule has 0 fully saturated rings. The number of esters is 1. The maximum Gasteiger partial charge on any atom is 0.303 e. The van der Waals surface area contributed by atoms with Crippen LogP contribution in [-0.2, 0) is 16.1 Å². The summed E-state index contributed by atoms with van der Waals surface area (Å²) in [4.78, 5) is 15.0. The van der Waals surface area contributed by atoms with Gasteiger partial charge in [-0.3, -0.25) is 9.78 Å². The molecule has 1 aromatic heterocycles. The van der Waals surface area contributed by atoms with Gasteiger partial charge in [-0.25, -0.2) is 0 Å². The first-order valence-corrected chi connectivity index (χ1v) is 6.96. The molecule has 0 atom stereocenters. The highest BCUT2D eigenvalue weighted by atomic mass is 16.5. The third-order valence-corrected chi connectivity index (χ3v) is 2.98. The quantitative estimate of drug-likeness (QED) is 0.556. The highest BCUT2D eigenvalue weighted by molar-refractivity contribution is 5.65. The van der Waals surface area contributed by atoms with Crippen LogP contribution in [0.5, 0.6) is 5.75 Å². The van der Waals surface area contributed by atoms with Gasteiger partial charge >= 0.3 is 5.97 Å². The molecule has 1 aromatic rings. The van der Waals surface area contributed by atoms with E-state index in [4.69, 9.17) is 14.6 Å². The van der Waals surface area contributed by atoms with Crippen molar-refractivity contribution in [3.8, 4) is 5.75 Å². The summed E-state index contributed by atoms with van der Waals surface area (Å²) in [6.45, 7) is 4.36. The lowest BCUT2D eigenvalue weighted by molar-refractivity contribution is -0.142. The second kappa shape index (κ2) is 9.31. The van der Waals surface area contributed by atoms with Gasteiger partial charge in [-0.1, -0.05) is 6.42 Å². The van der Waals surface area contributed by atoms with Crippen LogP contribution in [-0.4, -0.2) is 29.3 Å². The molecule has 1 N–H and O–H groups in total. The molecule has 0 aliphatic heterocycles. The van der Waals surface area contributed by atoms with Gasteiger partial charge in [0.05, 0.1) is 12.3 Å². The van der Waals surface area contributed by atoms with Gasteiger partial charge in [0.25, 0.3) is 0 Å². The lowest BCUT2D eigenvalue weighted by atomic mass is 10.2. The average molecular weight is 281 g/mol. The maximum atomic E-state index is 10.8. The van der Waals surface area contributed by atoms with Gasteiger partial charge in [-0.15, -0.1) is 0 Å². The number of aliphatic hydroxyl groups is 1. The van der Waals surface area contributed by atoms with E-state index in [0.29, 0.717) is 6.61 Å². The van der Waals surface area contributed by atoms with Crippen molar-refractivity contribution < 1.29 is 19.4 Å². The lowest BCUT2D eigenvalue weighted by Crippen LogP contribution is -2.05. The summed E-state index contributed by atoms with van der Waals surface area (Å²) < 4.78 is 10.7. The molecule has 0 saturated carbocycles. The molecule has 0 unspecified atom stereocenters. The molecule has 0 saturated heterocycles. The summed E-state index contributed by atoms with van der Waals surface area (Å²) in [5.41, 5.74) is 1.63. The fourth-order valence-corrected chi connectivity index (χ4v) is 1.78. The minimum absolute atomic E-state index is 0.175. The fourth-order valence-electron chi connectivity index (χ4n) is 1.78. The van der Waals surface area contributed by atoms with Crippen molar-refractivity contribution in [2.45, 2.75) is 46.1 Å². The van der Waals surface area contributed by atoms with E-state index in [-0.39, 0.29) is 19.2 Å². The largest absolute Gasteiger partial charge is 0.493 e. The Morgan fingerprint density at radius 1 is 1.30 bits per heavy atom. The summed E-state index contributed by atoms with van der Waals surface area (Å²) in [7, 11) is 0. The number of aliphatic hydroxyl groups excluding tert-OH is 1. The van der Waals surface area contributed by atoms with E-state index in [1.807, 2.05) is 13.0 Å². The number of carbonyl (C=O) groups excluding carboxylic acids is 1. The average Bonchev–Trinajstić information content (AvgIpc) is 2.43. The number of hydrogen-bond acceptors (Lipinski definition) is 5. The SMILES string of the molecule is CC(=O)OCc1nccc(OCCCCCCO)c1C. The molecule has 0 amide bonds. The summed E-state index contributed by atoms with van der Waals surface area (Å²) in [6.07, 6.45) is 5.53. The molecule has 20 heavy (non-hydrogen) atoms. The molecule has 5 heteroatoms. The summed E-state index contributed by atoms with van der Waals surface area (Å²) in [6, 6.07) is 1.82. The number of ether oxygens (including phenoxy) is 2. The fraction of sp³-hybridized carbons (Fsp3) is 0.600. The monoisotopic (exact) mass is 281 g/mol. The molecule has 112 valence electrons. The second-order valence-electron chi connectivity index (χ2n) is 4.65. The van der Waals surface area contributed by atoms with E-state index >= 15 is 0 Å². The van der Waals surface area contributed by atoms with Crippen molar-refractivity contribution in [1.29, 1.82) is 0 Å². The Bertz CT molecular complexity index is 420. The number of aromatic nitrogens is 1. The third-order valence-electron chi connectivity index (χ3n) is 2.98. The molecule has 0 bridgehead atoms. The third kappa shape index (κ3) is 6.02. The Balaban J connectivity index is 2.41. The van der Waals surface area contributed by atoms with Crippen LogP contribution >= 0.6 is 0 Å². The number of rotatable bonds is 9. The molecular formula is C15H23NO4. The Labute approximate surface area is 119 Å². The van der Waals surface area contributed by atoms with Crippen LogP contribution in [0.4, 0.5) is 0 Å². The van der Waals surface area contributed by atoms with E-state index in [2.05, 4.69) is 4.98 Å². The first kappa shape index (κ1) is 16.4. The van der Waals surface area contributed by atoms with Gasteiger partial charge in [-0.2, -0.15) is 0 Å². The van der Waals surface area contributed by atoms with Crippen LogP contribution in [0.2, 0.25) is 0 Å². The number of hydrogen-bond donors (Lipinski definition) is 1. The van der Waals surface area contributed by atoms with Gasteiger partial charge in [0, 0.05) is 25.3 Å². The van der Waals surface area contributed by atoms with E-state index in [1.54, 1.807) is 6.20 Å². The summed E-state index contributed by atoms with van der Waals surface area (Å²) in [5.74, 6) is 0.464. The van der Waals surface area contributed by atoms with Crippen LogP contribution < -0.4 is 4.74 Å². The standard InChI is InChI=1S/C15H23NO4/c1-12-14(11-20-13(2)18)16-8-7-15(12)19-10-6-4-3-5-9-17/h7-8,17H,3-6,9-11H2,1-2H3. The summed E-state index contributed by atoms with van der Waals surface area (Å²) >= 11 is 0. The first-order chi connectivity index (χ1) is 9.65. The molecule has 1 heterocycles. The normalized spacial score (nSPS) is 10.3. The highest BCUT2D eigenvalue weighted by Gasteiger charge is 2.07. The van der Waals surface area contributed by atoms with Crippen LogP contribution in [0.1, 0.15) is 43.9 Å². The van der Waals surface area contributed by atoms with Gasteiger partial charge in [0.15, 0.2) is 0 Å². The zero-order valence-corrected chi connectivity index (χ0v) is 12.2. The Morgan fingerprint density at radius 3 is 2.75 bits per heavy atom. The highest BCUT2D eigenvalue weighted by Crippen LogP contribution is 2.20. The first-order valence-electron chi connectivity index (χ1n) is 6.96. The molecule has 0 radical (unpaired) electrons. The van der Waals surface area contributed by atoms with Crippen molar-refractivity contribution in [2.75, 3.05) is 13.2 Å². The minimum atomic E-state index is -0.318. The van der Waals surface area contributed by atoms with Crippen molar-refractivity contribution in [1.82, 2.24) is 4.98 Å². The van der Waals surface area contributed by atoms with E-state index < -0.39 is 0 Å². The van der Waals surface area contributed by atoms with Crippen molar-refractivity contribution in [2.24, 2.45) is 0 Å². The van der Waals surface area contributed by atoms with E-state index in [9.17, 15) is 4.79 Å². The number of carbonyl (C=O) groups is 1. The van der Waals surface area contributed by atoms with Crippen LogP contribution in [0, 0.1) is 6.92 Å². The molecular weight excluding hydrogens is 258 g/mol. The predicted octanol–water partition coefficient (Wildman–Crippen LogP) is 2.38. The zero-order valence-electron chi connectivity index (χ0n) is 12.2. The predicted molar refractivity (Wildman–Crippen MR) is 75.5 cm³/mol. The zero-order chi connectivity index (χ0) is 14.8. The lowest BCUT2D eigenvalue weighted by Gasteiger charge is -2.12. The van der Waals surface area contributed by atoms with Gasteiger partial charge in [0.1, 0.15) is 12.4 Å². The molecule has 0 aromatic carbocycles. The van der Waals surface area contributed by atoms with E-state index in [0.717, 1.165) is 42.7 Å². The van der Waals surface area contributed by atoms with Gasteiger partial charge in [0.2, 0.25) is 0 Å². The van der Waals surface area contributed by atoms with Crippen molar-refractivity contribution >= 4 is 5.97 Å². The van der Waals surface area contributed by atoms with Crippen molar-refractivity contribution in [3.63, 3.8) is 0 Å². The van der Waals surface area contributed by atoms with Gasteiger partial charge in [-0.05, 0) is 32.3 Å². The number of nitrogens with zero attached hydrogens (tertiary/aromatic N) is 1. The van der Waals surface area contributed by atoms with E-state index in [1.165, 1.54) is 6.92 Å². The van der Waals surface area contributed by atoms with Crippen LogP contribution in [0.15, 0.2) is 12.3 Å². The minimum Gasteiger partial charge on any atom is -0.493 e. The second-order valence-corrected chi connectivity index (χ2v) is 4.65. The Morgan fingerprint density at radius 2 is 2.05 bits per heavy atom. The molecule has 5 nitrogen and oxygen atoms in total. The van der Waals surface area contributed by atoms with Crippen LogP contribution in [0.25, 0.3) is 0 Å². The Hall–Kier alpha value is -1.62. The number of pyridine rings is 1. The smallest absolute Gasteiger partial charge is 0.303 e. The molecule has 0 aliphatic rings. The maximum absolute atomic E-state index is 10.8. The topological polar surface area (TPSA) is 68.7 Å². The number of unbranched alkanes of at least 4 members (excludes halogenated alkanes) is 3. The van der Waals surface area contributed by atoms with Gasteiger partial charge < -0.3 is 14.6 Å². The Kier molecular flexibility index (Phi) is 7.65. The molecule has 0 spiro atoms. The molecule has 1 rings (SSSR count). The van der Waals surface area contributed by atoms with Crippen LogP contribution in [0.3, 0.4) is 0 Å².